The van der Waals surface area contributed by atoms with Gasteiger partial charge in [-0.15, -0.1) is 0 Å². The number of hydrogen-bond donors (Lipinski definition) is 1. The van der Waals surface area contributed by atoms with Crippen LogP contribution in [0.4, 0.5) is 17.6 Å². The molecular weight excluding hydrogens is 254 g/mol. The molecule has 0 aliphatic carbocycles. The molecule has 0 bridgehead atoms. The fraction of sp³-hybridized carbons (Fsp3) is 0.455. The van der Waals surface area contributed by atoms with Gasteiger partial charge in [-0.2, -0.15) is 17.6 Å². The third-order valence-corrected chi connectivity index (χ3v) is 2.48. The summed E-state index contributed by atoms with van der Waals surface area (Å²) in [6, 6.07) is 0.674. The Balaban J connectivity index is 3.44. The molecule has 1 aromatic heterocycles. The Hall–Kier alpha value is -1.66. The predicted octanol–water partition coefficient (Wildman–Crippen LogP) is 3.14. The normalized spacial score (nSPS) is 12.6. The number of rotatable bonds is 3. The summed E-state index contributed by atoms with van der Waals surface area (Å²) in [5.41, 5.74) is -1.64. The summed E-state index contributed by atoms with van der Waals surface area (Å²) in [6.07, 6.45) is 0. The third-order valence-electron chi connectivity index (χ3n) is 2.48. The Morgan fingerprint density at radius 3 is 2.11 bits per heavy atom. The van der Waals surface area contributed by atoms with Crippen LogP contribution in [0.3, 0.4) is 0 Å². The Morgan fingerprint density at radius 1 is 1.28 bits per heavy atom. The van der Waals surface area contributed by atoms with Crippen molar-refractivity contribution in [1.29, 1.82) is 0 Å². The van der Waals surface area contributed by atoms with Gasteiger partial charge in [0.15, 0.2) is 0 Å². The van der Waals surface area contributed by atoms with Crippen LogP contribution in [0.5, 0.6) is 0 Å². The maximum absolute atomic E-state index is 13.4. The van der Waals surface area contributed by atoms with Crippen LogP contribution in [0, 0.1) is 13.8 Å². The summed E-state index contributed by atoms with van der Waals surface area (Å²) in [5.74, 6) is -10.1. The van der Waals surface area contributed by atoms with Crippen molar-refractivity contribution in [2.24, 2.45) is 0 Å². The number of carboxylic acids is 1. The first-order valence-electron chi connectivity index (χ1n) is 4.96. The number of carboxylic acid groups (broad SMARTS) is 1. The SMILES string of the molecule is Cc1cc(C(F)(F)C(C)(F)F)nc(C)c1C(=O)O. The van der Waals surface area contributed by atoms with Crippen LogP contribution in [0.15, 0.2) is 6.07 Å². The van der Waals surface area contributed by atoms with E-state index in [-0.39, 0.29) is 23.7 Å². The van der Waals surface area contributed by atoms with E-state index in [2.05, 4.69) is 4.98 Å². The minimum Gasteiger partial charge on any atom is -0.478 e. The lowest BCUT2D eigenvalue weighted by atomic mass is 10.0. The Kier molecular flexibility index (Phi) is 3.38. The van der Waals surface area contributed by atoms with Crippen molar-refractivity contribution in [3.63, 3.8) is 0 Å². The van der Waals surface area contributed by atoms with E-state index in [1.807, 2.05) is 0 Å². The molecule has 0 saturated heterocycles. The molecule has 1 aromatic rings. The number of alkyl halides is 4. The second-order valence-electron chi connectivity index (χ2n) is 4.05. The molecule has 1 heterocycles. The summed E-state index contributed by atoms with van der Waals surface area (Å²) in [4.78, 5) is 14.1. The van der Waals surface area contributed by atoms with Crippen molar-refractivity contribution in [1.82, 2.24) is 4.98 Å². The smallest absolute Gasteiger partial charge is 0.351 e. The van der Waals surface area contributed by atoms with Gasteiger partial charge in [-0.25, -0.2) is 4.79 Å². The van der Waals surface area contributed by atoms with Gasteiger partial charge >= 0.3 is 17.8 Å². The molecule has 18 heavy (non-hydrogen) atoms. The van der Waals surface area contributed by atoms with Gasteiger partial charge < -0.3 is 5.11 Å². The van der Waals surface area contributed by atoms with Gasteiger partial charge in [0.25, 0.3) is 0 Å². The van der Waals surface area contributed by atoms with Crippen LogP contribution in [0.25, 0.3) is 0 Å². The number of aromatic carboxylic acids is 1. The molecule has 0 atom stereocenters. The van der Waals surface area contributed by atoms with Crippen molar-refractivity contribution < 1.29 is 27.5 Å². The molecule has 0 amide bonds. The summed E-state index contributed by atoms with van der Waals surface area (Å²) >= 11 is 0. The molecule has 1 N–H and O–H groups in total. The van der Waals surface area contributed by atoms with E-state index < -0.39 is 23.5 Å². The molecule has 3 nitrogen and oxygen atoms in total. The van der Waals surface area contributed by atoms with Gasteiger partial charge in [0.1, 0.15) is 5.69 Å². The molecule has 0 aliphatic rings. The largest absolute Gasteiger partial charge is 0.478 e. The van der Waals surface area contributed by atoms with Gasteiger partial charge in [-0.1, -0.05) is 0 Å². The monoisotopic (exact) mass is 265 g/mol. The van der Waals surface area contributed by atoms with E-state index in [0.717, 1.165) is 0 Å². The standard InChI is InChI=1S/C11H11F4NO2/c1-5-4-7(11(14,15)10(3,12)13)16-6(2)8(5)9(17)18/h4H,1-3H3,(H,17,18). The fourth-order valence-electron chi connectivity index (χ4n) is 1.54. The van der Waals surface area contributed by atoms with Crippen LogP contribution in [-0.4, -0.2) is 22.0 Å². The molecule has 0 unspecified atom stereocenters. The van der Waals surface area contributed by atoms with Crippen LogP contribution in [0.2, 0.25) is 0 Å². The van der Waals surface area contributed by atoms with Crippen molar-refractivity contribution in [2.45, 2.75) is 32.6 Å². The minimum absolute atomic E-state index is 0.0334. The summed E-state index contributed by atoms with van der Waals surface area (Å²) < 4.78 is 52.4. The lowest BCUT2D eigenvalue weighted by molar-refractivity contribution is -0.207. The van der Waals surface area contributed by atoms with E-state index in [4.69, 9.17) is 5.11 Å². The van der Waals surface area contributed by atoms with Crippen molar-refractivity contribution >= 4 is 5.97 Å². The highest BCUT2D eigenvalue weighted by molar-refractivity contribution is 5.90. The predicted molar refractivity (Wildman–Crippen MR) is 55.2 cm³/mol. The van der Waals surface area contributed by atoms with Crippen molar-refractivity contribution in [2.75, 3.05) is 0 Å². The molecule has 0 spiro atoms. The van der Waals surface area contributed by atoms with Crippen LogP contribution in [0.1, 0.15) is 34.2 Å². The maximum Gasteiger partial charge on any atom is 0.351 e. The van der Waals surface area contributed by atoms with E-state index >= 15 is 0 Å². The minimum atomic E-state index is -4.44. The van der Waals surface area contributed by atoms with Gasteiger partial charge in [-0.3, -0.25) is 4.98 Å². The van der Waals surface area contributed by atoms with Gasteiger partial charge in [0.05, 0.1) is 11.3 Å². The first kappa shape index (κ1) is 14.4. The average molecular weight is 265 g/mol. The Morgan fingerprint density at radius 2 is 1.78 bits per heavy atom. The first-order valence-corrected chi connectivity index (χ1v) is 4.96. The number of carbonyl (C=O) groups is 1. The zero-order chi connectivity index (χ0) is 14.3. The number of pyridine rings is 1. The average Bonchev–Trinajstić information content (AvgIpc) is 2.13. The second kappa shape index (κ2) is 4.22. The van der Waals surface area contributed by atoms with Gasteiger partial charge in [0, 0.05) is 6.92 Å². The van der Waals surface area contributed by atoms with Crippen LogP contribution < -0.4 is 0 Å². The van der Waals surface area contributed by atoms with Crippen molar-refractivity contribution in [3.8, 4) is 0 Å². The molecule has 7 heteroatoms. The van der Waals surface area contributed by atoms with Crippen LogP contribution in [-0.2, 0) is 5.92 Å². The molecule has 0 aromatic carbocycles. The molecule has 1 rings (SSSR count). The van der Waals surface area contributed by atoms with E-state index in [0.29, 0.717) is 6.07 Å². The van der Waals surface area contributed by atoms with Gasteiger partial charge in [-0.05, 0) is 25.5 Å². The Bertz CT molecular complexity index is 471. The second-order valence-corrected chi connectivity index (χ2v) is 4.05. The lowest BCUT2D eigenvalue weighted by Crippen LogP contribution is -2.36. The first-order chi connectivity index (χ1) is 7.98. The highest BCUT2D eigenvalue weighted by Crippen LogP contribution is 2.42. The summed E-state index contributed by atoms with van der Waals surface area (Å²) in [6.45, 7) is 2.53. The number of hydrogen-bond acceptors (Lipinski definition) is 2. The van der Waals surface area contributed by atoms with E-state index in [9.17, 15) is 22.4 Å². The third kappa shape index (κ3) is 2.30. The maximum atomic E-state index is 13.4. The van der Waals surface area contributed by atoms with E-state index in [1.54, 1.807) is 0 Å². The lowest BCUT2D eigenvalue weighted by Gasteiger charge is -2.23. The van der Waals surface area contributed by atoms with Gasteiger partial charge in [0.2, 0.25) is 0 Å². The molecule has 0 fully saturated rings. The number of nitrogens with zero attached hydrogens (tertiary/aromatic N) is 1. The highest BCUT2D eigenvalue weighted by Gasteiger charge is 2.55. The summed E-state index contributed by atoms with van der Waals surface area (Å²) in [7, 11) is 0. The van der Waals surface area contributed by atoms with Crippen LogP contribution >= 0.6 is 0 Å². The Labute approximate surface area is 100 Å². The number of halogens is 4. The highest BCUT2D eigenvalue weighted by atomic mass is 19.3. The topological polar surface area (TPSA) is 50.2 Å². The quantitative estimate of drug-likeness (QED) is 0.854. The zero-order valence-corrected chi connectivity index (χ0v) is 9.89. The van der Waals surface area contributed by atoms with Crippen molar-refractivity contribution in [3.05, 3.63) is 28.6 Å². The number of aryl methyl sites for hydroxylation is 2. The molecular formula is C11H11F4NO2. The number of aromatic nitrogens is 1. The molecule has 0 radical (unpaired) electrons. The molecule has 100 valence electrons. The molecule has 0 aliphatic heterocycles. The summed E-state index contributed by atoms with van der Waals surface area (Å²) in [5, 5.41) is 8.82. The zero-order valence-electron chi connectivity index (χ0n) is 9.89. The molecule has 0 saturated carbocycles. The fourth-order valence-corrected chi connectivity index (χ4v) is 1.54. The van der Waals surface area contributed by atoms with E-state index in [1.165, 1.54) is 13.8 Å².